The number of amides is 2. The summed E-state index contributed by atoms with van der Waals surface area (Å²) in [5.41, 5.74) is 0.867. The Labute approximate surface area is 141 Å². The van der Waals surface area contributed by atoms with Crippen LogP contribution >= 0.6 is 11.6 Å². The summed E-state index contributed by atoms with van der Waals surface area (Å²) >= 11 is 6.13. The van der Waals surface area contributed by atoms with Gasteiger partial charge >= 0.3 is 0 Å². The van der Waals surface area contributed by atoms with Gasteiger partial charge in [0.1, 0.15) is 0 Å². The zero-order valence-corrected chi connectivity index (χ0v) is 14.4. The molecule has 0 bridgehead atoms. The molecule has 1 aliphatic rings. The topological polar surface area (TPSA) is 69.6 Å². The number of halogens is 1. The van der Waals surface area contributed by atoms with Crippen LogP contribution in [0.1, 0.15) is 43.5 Å². The molecular weight excluding hydrogens is 316 g/mol. The Balaban J connectivity index is 2.17. The van der Waals surface area contributed by atoms with E-state index in [0.29, 0.717) is 29.1 Å². The smallest absolute Gasteiger partial charge is 0.253 e. The van der Waals surface area contributed by atoms with Crippen molar-refractivity contribution in [3.05, 3.63) is 28.8 Å². The second kappa shape index (κ2) is 7.32. The van der Waals surface area contributed by atoms with Crippen LogP contribution in [0.2, 0.25) is 5.02 Å². The summed E-state index contributed by atoms with van der Waals surface area (Å²) in [6, 6.07) is 4.90. The molecule has 6 heteroatoms. The predicted octanol–water partition coefficient (Wildman–Crippen LogP) is 2.92. The third kappa shape index (κ3) is 4.03. The second-order valence-electron chi connectivity index (χ2n) is 6.30. The van der Waals surface area contributed by atoms with E-state index < -0.39 is 12.0 Å². The van der Waals surface area contributed by atoms with Crippen LogP contribution in [0.3, 0.4) is 0 Å². The Kier molecular flexibility index (Phi) is 5.65. The van der Waals surface area contributed by atoms with Crippen molar-refractivity contribution in [2.24, 2.45) is 5.92 Å². The molecule has 0 aromatic heterocycles. The summed E-state index contributed by atoms with van der Waals surface area (Å²) in [6.07, 6.45) is 1.54. The van der Waals surface area contributed by atoms with E-state index in [1.807, 2.05) is 13.8 Å². The van der Waals surface area contributed by atoms with Gasteiger partial charge in [0, 0.05) is 18.7 Å². The molecule has 2 unspecified atom stereocenters. The van der Waals surface area contributed by atoms with Gasteiger partial charge in [-0.3, -0.25) is 9.59 Å². The molecule has 1 saturated carbocycles. The Hall–Kier alpha value is -1.59. The van der Waals surface area contributed by atoms with Crippen molar-refractivity contribution in [1.82, 2.24) is 4.90 Å². The lowest BCUT2D eigenvalue weighted by Gasteiger charge is -2.22. The van der Waals surface area contributed by atoms with Crippen LogP contribution in [0.4, 0.5) is 5.69 Å². The van der Waals surface area contributed by atoms with E-state index in [1.54, 1.807) is 30.1 Å². The van der Waals surface area contributed by atoms with Crippen LogP contribution in [-0.4, -0.2) is 41.0 Å². The highest BCUT2D eigenvalue weighted by Crippen LogP contribution is 2.29. The Morgan fingerprint density at radius 3 is 2.61 bits per heavy atom. The van der Waals surface area contributed by atoms with E-state index in [-0.39, 0.29) is 17.9 Å². The van der Waals surface area contributed by atoms with Gasteiger partial charge in [0.2, 0.25) is 5.91 Å². The molecule has 2 N–H and O–H groups in total. The maximum Gasteiger partial charge on any atom is 0.253 e. The van der Waals surface area contributed by atoms with Crippen LogP contribution in [0.15, 0.2) is 18.2 Å². The highest BCUT2D eigenvalue weighted by Gasteiger charge is 2.31. The number of carbonyl (C=O) groups is 2. The molecule has 0 spiro atoms. The lowest BCUT2D eigenvalue weighted by molar-refractivity contribution is -0.122. The van der Waals surface area contributed by atoms with Gasteiger partial charge in [0.15, 0.2) is 0 Å². The number of carbonyl (C=O) groups excluding carboxylic acids is 2. The number of nitrogens with zero attached hydrogens (tertiary/aromatic N) is 1. The number of anilines is 1. The number of rotatable bonds is 4. The van der Waals surface area contributed by atoms with Crippen LogP contribution in [-0.2, 0) is 4.79 Å². The predicted molar refractivity (Wildman–Crippen MR) is 90.7 cm³/mol. The first kappa shape index (κ1) is 17.8. The fourth-order valence-electron chi connectivity index (χ4n) is 2.66. The zero-order chi connectivity index (χ0) is 17.1. The minimum atomic E-state index is -0.606. The monoisotopic (exact) mass is 338 g/mol. The van der Waals surface area contributed by atoms with Crippen molar-refractivity contribution in [3.63, 3.8) is 0 Å². The van der Waals surface area contributed by atoms with E-state index in [4.69, 9.17) is 11.6 Å². The molecule has 0 radical (unpaired) electrons. The molecule has 1 aromatic carbocycles. The van der Waals surface area contributed by atoms with Crippen LogP contribution in [0.25, 0.3) is 0 Å². The van der Waals surface area contributed by atoms with E-state index >= 15 is 0 Å². The summed E-state index contributed by atoms with van der Waals surface area (Å²) in [7, 11) is 1.73. The first-order chi connectivity index (χ1) is 10.8. The molecule has 2 amide bonds. The van der Waals surface area contributed by atoms with E-state index in [1.165, 1.54) is 0 Å². The van der Waals surface area contributed by atoms with Crippen molar-refractivity contribution in [2.75, 3.05) is 12.4 Å². The van der Waals surface area contributed by atoms with Crippen molar-refractivity contribution >= 4 is 29.1 Å². The van der Waals surface area contributed by atoms with Gasteiger partial charge in [-0.1, -0.05) is 11.6 Å². The fraction of sp³-hybridized carbons (Fsp3) is 0.529. The molecule has 2 atom stereocenters. The summed E-state index contributed by atoms with van der Waals surface area (Å²) in [6.45, 7) is 3.86. The molecule has 126 valence electrons. The van der Waals surface area contributed by atoms with Crippen molar-refractivity contribution in [2.45, 2.75) is 45.3 Å². The van der Waals surface area contributed by atoms with Gasteiger partial charge in [-0.05, 0) is 51.3 Å². The van der Waals surface area contributed by atoms with Crippen molar-refractivity contribution < 1.29 is 14.7 Å². The zero-order valence-electron chi connectivity index (χ0n) is 13.7. The Morgan fingerprint density at radius 2 is 2.04 bits per heavy atom. The maximum atomic E-state index is 12.4. The van der Waals surface area contributed by atoms with Crippen LogP contribution in [0, 0.1) is 5.92 Å². The first-order valence-electron chi connectivity index (χ1n) is 7.87. The molecule has 1 aromatic rings. The summed E-state index contributed by atoms with van der Waals surface area (Å²) < 4.78 is 0. The molecular formula is C17H23ClN2O3. The molecule has 1 fully saturated rings. The minimum Gasteiger partial charge on any atom is -0.392 e. The van der Waals surface area contributed by atoms with Crippen LogP contribution in [0.5, 0.6) is 0 Å². The summed E-state index contributed by atoms with van der Waals surface area (Å²) in [4.78, 5) is 26.3. The number of benzene rings is 1. The molecule has 1 aliphatic carbocycles. The Bertz CT molecular complexity index is 604. The van der Waals surface area contributed by atoms with Gasteiger partial charge in [0.05, 0.1) is 22.7 Å². The number of aliphatic hydroxyl groups excluding tert-OH is 1. The van der Waals surface area contributed by atoms with Gasteiger partial charge in [-0.25, -0.2) is 0 Å². The third-order valence-electron chi connectivity index (χ3n) is 4.38. The fourth-order valence-corrected chi connectivity index (χ4v) is 2.83. The highest BCUT2D eigenvalue weighted by atomic mass is 35.5. The summed E-state index contributed by atoms with van der Waals surface area (Å²) in [5.74, 6) is -0.796. The second-order valence-corrected chi connectivity index (χ2v) is 6.71. The quantitative estimate of drug-likeness (QED) is 0.886. The molecule has 0 heterocycles. The normalized spacial score (nSPS) is 20.6. The average Bonchev–Trinajstić information content (AvgIpc) is 2.94. The third-order valence-corrected chi connectivity index (χ3v) is 4.71. The van der Waals surface area contributed by atoms with Crippen molar-refractivity contribution in [3.8, 4) is 0 Å². The van der Waals surface area contributed by atoms with E-state index in [0.717, 1.165) is 6.42 Å². The minimum absolute atomic E-state index is 0.0739. The number of hydrogen-bond acceptors (Lipinski definition) is 3. The average molecular weight is 339 g/mol. The molecule has 0 saturated heterocycles. The van der Waals surface area contributed by atoms with Gasteiger partial charge in [-0.2, -0.15) is 0 Å². The molecule has 23 heavy (non-hydrogen) atoms. The molecule has 0 aliphatic heterocycles. The SMILES string of the molecule is CC(C)N(C)C(=O)c1ccc(Cl)c(NC(=O)C2CCCC2O)c1. The van der Waals surface area contributed by atoms with Crippen LogP contribution < -0.4 is 5.32 Å². The number of aliphatic hydroxyl groups is 1. The van der Waals surface area contributed by atoms with Gasteiger partial charge < -0.3 is 15.3 Å². The largest absolute Gasteiger partial charge is 0.392 e. The molecule has 5 nitrogen and oxygen atoms in total. The standard InChI is InChI=1S/C17H23ClN2O3/c1-10(2)20(3)17(23)11-7-8-13(18)14(9-11)19-16(22)12-5-4-6-15(12)21/h7-10,12,15,21H,4-6H2,1-3H3,(H,19,22). The first-order valence-corrected chi connectivity index (χ1v) is 8.24. The van der Waals surface area contributed by atoms with E-state index in [9.17, 15) is 14.7 Å². The summed E-state index contributed by atoms with van der Waals surface area (Å²) in [5, 5.41) is 12.9. The number of nitrogens with one attached hydrogen (secondary N) is 1. The van der Waals surface area contributed by atoms with Gasteiger partial charge in [0.25, 0.3) is 5.91 Å². The number of hydrogen-bond donors (Lipinski definition) is 2. The van der Waals surface area contributed by atoms with Gasteiger partial charge in [-0.15, -0.1) is 0 Å². The lowest BCUT2D eigenvalue weighted by atomic mass is 10.0. The Morgan fingerprint density at radius 1 is 1.35 bits per heavy atom. The molecule has 2 rings (SSSR count). The maximum absolute atomic E-state index is 12.4. The highest BCUT2D eigenvalue weighted by molar-refractivity contribution is 6.34. The van der Waals surface area contributed by atoms with Crippen molar-refractivity contribution in [1.29, 1.82) is 0 Å². The van der Waals surface area contributed by atoms with E-state index in [2.05, 4.69) is 5.32 Å². The lowest BCUT2D eigenvalue weighted by Crippen LogP contribution is -2.33.